The number of rotatable bonds is 6. The van der Waals surface area contributed by atoms with E-state index in [1.54, 1.807) is 0 Å². The van der Waals surface area contributed by atoms with Gasteiger partial charge in [-0.2, -0.15) is 0 Å². The summed E-state index contributed by atoms with van der Waals surface area (Å²) in [5.74, 6) is 1.45. The van der Waals surface area contributed by atoms with E-state index in [-0.39, 0.29) is 5.91 Å². The summed E-state index contributed by atoms with van der Waals surface area (Å²) in [6, 6.07) is 14.5. The van der Waals surface area contributed by atoms with Gasteiger partial charge in [0.05, 0.1) is 12.3 Å². The number of likely N-dealkylation sites (tertiary alicyclic amines) is 1. The molecule has 1 aromatic carbocycles. The van der Waals surface area contributed by atoms with Gasteiger partial charge in [0.1, 0.15) is 5.69 Å². The van der Waals surface area contributed by atoms with Crippen molar-refractivity contribution in [2.45, 2.75) is 39.5 Å². The molecule has 3 heterocycles. The number of imidazole rings is 1. The number of fused-ring (bicyclic) bond motifs is 1. The molecule has 0 bridgehead atoms. The topological polar surface area (TPSA) is 46.8 Å². The van der Waals surface area contributed by atoms with Crippen molar-refractivity contribution in [3.05, 3.63) is 65.6 Å². The summed E-state index contributed by atoms with van der Waals surface area (Å²) < 4.78 is 7.62. The lowest BCUT2D eigenvalue weighted by atomic mass is 9.90. The fraction of sp³-hybridized carbons (Fsp3) is 0.417. The van der Waals surface area contributed by atoms with E-state index in [0.29, 0.717) is 18.2 Å². The Hall–Kier alpha value is -2.82. The highest BCUT2D eigenvalue weighted by atomic mass is 16.5. The second-order valence-electron chi connectivity index (χ2n) is 7.69. The smallest absolute Gasteiger partial charge is 0.272 e. The van der Waals surface area contributed by atoms with Crippen molar-refractivity contribution >= 4 is 11.6 Å². The van der Waals surface area contributed by atoms with Crippen LogP contribution in [0.5, 0.6) is 5.75 Å². The van der Waals surface area contributed by atoms with Crippen LogP contribution in [-0.4, -0.2) is 39.9 Å². The Labute approximate surface area is 172 Å². The number of aryl methyl sites for hydroxylation is 1. The molecule has 0 atom stereocenters. The van der Waals surface area contributed by atoms with Gasteiger partial charge in [0.25, 0.3) is 5.91 Å². The van der Waals surface area contributed by atoms with Gasteiger partial charge in [-0.3, -0.25) is 9.20 Å². The van der Waals surface area contributed by atoms with Gasteiger partial charge in [-0.1, -0.05) is 37.3 Å². The molecule has 0 spiro atoms. The van der Waals surface area contributed by atoms with E-state index < -0.39 is 0 Å². The summed E-state index contributed by atoms with van der Waals surface area (Å²) >= 11 is 0. The summed E-state index contributed by atoms with van der Waals surface area (Å²) in [6.07, 6.45) is 5.82. The summed E-state index contributed by atoms with van der Waals surface area (Å²) in [5.41, 5.74) is 3.64. The highest BCUT2D eigenvalue weighted by Crippen LogP contribution is 2.26. The largest absolute Gasteiger partial charge is 0.490 e. The molecule has 0 radical (unpaired) electrons. The van der Waals surface area contributed by atoms with Gasteiger partial charge in [0, 0.05) is 19.3 Å². The van der Waals surface area contributed by atoms with Crippen molar-refractivity contribution in [1.29, 1.82) is 0 Å². The van der Waals surface area contributed by atoms with E-state index in [4.69, 9.17) is 9.72 Å². The molecule has 0 unspecified atom stereocenters. The predicted molar refractivity (Wildman–Crippen MR) is 115 cm³/mol. The van der Waals surface area contributed by atoms with Crippen molar-refractivity contribution in [2.24, 2.45) is 5.92 Å². The summed E-state index contributed by atoms with van der Waals surface area (Å²) in [7, 11) is 0. The number of piperidine rings is 1. The fourth-order valence-corrected chi connectivity index (χ4v) is 4.27. The molecule has 152 valence electrons. The zero-order chi connectivity index (χ0) is 20.2. The van der Waals surface area contributed by atoms with Gasteiger partial charge in [0.15, 0.2) is 11.4 Å². The molecule has 4 rings (SSSR count). The number of amides is 1. The molecule has 5 nitrogen and oxygen atoms in total. The molecule has 2 aromatic heterocycles. The standard InChI is InChI=1S/C24H29N3O2/c1-3-20-22(27-14-8-11-21(29-4-2)23(27)25-20)24(28)26-15-12-19(13-16-26)17-18-9-6-5-7-10-18/h5-11,14,19H,3-4,12-13,15-17H2,1-2H3. The molecule has 5 heteroatoms. The third-order valence-corrected chi connectivity index (χ3v) is 5.79. The second-order valence-corrected chi connectivity index (χ2v) is 7.69. The Morgan fingerprint density at radius 1 is 1.10 bits per heavy atom. The summed E-state index contributed by atoms with van der Waals surface area (Å²) in [4.78, 5) is 20.1. The molecule has 0 N–H and O–H groups in total. The molecule has 1 fully saturated rings. The number of aromatic nitrogens is 2. The van der Waals surface area contributed by atoms with Crippen molar-refractivity contribution in [3.8, 4) is 5.75 Å². The molecule has 1 amide bonds. The number of pyridine rings is 1. The first-order valence-corrected chi connectivity index (χ1v) is 10.7. The minimum Gasteiger partial charge on any atom is -0.490 e. The van der Waals surface area contributed by atoms with E-state index >= 15 is 0 Å². The molecule has 1 aliphatic heterocycles. The predicted octanol–water partition coefficient (Wildman–Crippen LogP) is 4.39. The maximum atomic E-state index is 13.4. The Kier molecular flexibility index (Phi) is 5.84. The molecular weight excluding hydrogens is 362 g/mol. The third kappa shape index (κ3) is 4.00. The maximum Gasteiger partial charge on any atom is 0.272 e. The lowest BCUT2D eigenvalue weighted by Gasteiger charge is -2.32. The third-order valence-electron chi connectivity index (χ3n) is 5.79. The van der Waals surface area contributed by atoms with Crippen molar-refractivity contribution < 1.29 is 9.53 Å². The van der Waals surface area contributed by atoms with Gasteiger partial charge in [-0.05, 0) is 56.2 Å². The van der Waals surface area contributed by atoms with Gasteiger partial charge in [-0.25, -0.2) is 4.98 Å². The minimum absolute atomic E-state index is 0.0844. The van der Waals surface area contributed by atoms with E-state index in [2.05, 4.69) is 30.3 Å². The van der Waals surface area contributed by atoms with Crippen LogP contribution >= 0.6 is 0 Å². The van der Waals surface area contributed by atoms with Crippen LogP contribution in [0.15, 0.2) is 48.7 Å². The van der Waals surface area contributed by atoms with Crippen molar-refractivity contribution in [3.63, 3.8) is 0 Å². The quantitative estimate of drug-likeness (QED) is 0.626. The molecule has 3 aromatic rings. The normalized spacial score (nSPS) is 15.0. The summed E-state index contributed by atoms with van der Waals surface area (Å²) in [5, 5.41) is 0. The second kappa shape index (κ2) is 8.68. The molecule has 1 saturated heterocycles. The lowest BCUT2D eigenvalue weighted by Crippen LogP contribution is -2.39. The van der Waals surface area contributed by atoms with Crippen LogP contribution in [0.25, 0.3) is 5.65 Å². The van der Waals surface area contributed by atoms with Crippen LogP contribution in [-0.2, 0) is 12.8 Å². The molecule has 0 aliphatic carbocycles. The monoisotopic (exact) mass is 391 g/mol. The first-order valence-electron chi connectivity index (χ1n) is 10.7. The van der Waals surface area contributed by atoms with E-state index in [0.717, 1.165) is 55.9 Å². The molecule has 29 heavy (non-hydrogen) atoms. The average Bonchev–Trinajstić information content (AvgIpc) is 3.14. The first kappa shape index (κ1) is 19.5. The lowest BCUT2D eigenvalue weighted by molar-refractivity contribution is 0.0682. The van der Waals surface area contributed by atoms with E-state index in [1.165, 1.54) is 5.56 Å². The minimum atomic E-state index is 0.0844. The number of hydrogen-bond donors (Lipinski definition) is 0. The first-order chi connectivity index (χ1) is 14.2. The maximum absolute atomic E-state index is 13.4. The van der Waals surface area contributed by atoms with Crippen LogP contribution < -0.4 is 4.74 Å². The highest BCUT2D eigenvalue weighted by Gasteiger charge is 2.28. The zero-order valence-corrected chi connectivity index (χ0v) is 17.3. The van der Waals surface area contributed by atoms with Crippen LogP contribution in [0.3, 0.4) is 0 Å². The zero-order valence-electron chi connectivity index (χ0n) is 17.3. The molecule has 0 saturated carbocycles. The van der Waals surface area contributed by atoms with Crippen molar-refractivity contribution in [1.82, 2.24) is 14.3 Å². The number of benzene rings is 1. The number of ether oxygens (including phenoxy) is 1. The fourth-order valence-electron chi connectivity index (χ4n) is 4.27. The molecular formula is C24H29N3O2. The Balaban J connectivity index is 1.51. The van der Waals surface area contributed by atoms with Crippen LogP contribution in [0.2, 0.25) is 0 Å². The molecule has 1 aliphatic rings. The Morgan fingerprint density at radius 2 is 1.86 bits per heavy atom. The number of nitrogens with zero attached hydrogens (tertiary/aromatic N) is 3. The number of carbonyl (C=O) groups is 1. The van der Waals surface area contributed by atoms with Crippen molar-refractivity contribution in [2.75, 3.05) is 19.7 Å². The SMILES string of the molecule is CCOc1cccn2c(C(=O)N3CCC(Cc4ccccc4)CC3)c(CC)nc12. The highest BCUT2D eigenvalue weighted by molar-refractivity contribution is 5.95. The van der Waals surface area contributed by atoms with Gasteiger partial charge >= 0.3 is 0 Å². The van der Waals surface area contributed by atoms with Gasteiger partial charge in [0.2, 0.25) is 0 Å². The van der Waals surface area contributed by atoms with Crippen LogP contribution in [0, 0.1) is 5.92 Å². The van der Waals surface area contributed by atoms with Gasteiger partial charge < -0.3 is 9.64 Å². The average molecular weight is 392 g/mol. The van der Waals surface area contributed by atoms with E-state index in [9.17, 15) is 4.79 Å². The summed E-state index contributed by atoms with van der Waals surface area (Å²) in [6.45, 7) is 6.19. The Bertz CT molecular complexity index is 972. The Morgan fingerprint density at radius 3 is 2.55 bits per heavy atom. The van der Waals surface area contributed by atoms with E-state index in [1.807, 2.05) is 41.5 Å². The van der Waals surface area contributed by atoms with Gasteiger partial charge in [-0.15, -0.1) is 0 Å². The van der Waals surface area contributed by atoms with Crippen LogP contribution in [0.4, 0.5) is 0 Å². The number of hydrogen-bond acceptors (Lipinski definition) is 3. The number of carbonyl (C=O) groups excluding carboxylic acids is 1. The van der Waals surface area contributed by atoms with Crippen LogP contribution in [0.1, 0.15) is 48.4 Å².